The van der Waals surface area contributed by atoms with E-state index >= 15 is 0 Å². The first-order valence-corrected chi connectivity index (χ1v) is 7.88. The standard InChI is InChI=1S/C14H23FN4S/c1-11(2)18-14(17-7-9-20-8-6-16)19-13-5-3-4-12(15)10-13/h3-5,10-11H,6-9,16H2,1-2H3,(H2,17,18,19). The van der Waals surface area contributed by atoms with Gasteiger partial charge in [-0.2, -0.15) is 11.8 Å². The van der Waals surface area contributed by atoms with Crippen LogP contribution in [0.2, 0.25) is 0 Å². The molecule has 4 N–H and O–H groups in total. The average Bonchev–Trinajstić information content (AvgIpc) is 2.37. The van der Waals surface area contributed by atoms with Crippen LogP contribution in [0.4, 0.5) is 10.1 Å². The van der Waals surface area contributed by atoms with Crippen LogP contribution in [0.3, 0.4) is 0 Å². The summed E-state index contributed by atoms with van der Waals surface area (Å²) in [5.41, 5.74) is 6.12. The number of halogens is 1. The van der Waals surface area contributed by atoms with Gasteiger partial charge in [-0.1, -0.05) is 6.07 Å². The highest BCUT2D eigenvalue weighted by Gasteiger charge is 2.02. The van der Waals surface area contributed by atoms with Crippen molar-refractivity contribution in [3.8, 4) is 0 Å². The predicted molar refractivity (Wildman–Crippen MR) is 87.0 cm³/mol. The first kappa shape index (κ1) is 16.8. The van der Waals surface area contributed by atoms with Gasteiger partial charge in [0.05, 0.1) is 6.54 Å². The van der Waals surface area contributed by atoms with Crippen LogP contribution < -0.4 is 16.4 Å². The normalized spacial score (nSPS) is 11.8. The number of guanidine groups is 1. The number of nitrogens with zero attached hydrogens (tertiary/aromatic N) is 1. The molecule has 0 saturated carbocycles. The number of benzene rings is 1. The van der Waals surface area contributed by atoms with Crippen LogP contribution in [0, 0.1) is 5.82 Å². The van der Waals surface area contributed by atoms with Crippen LogP contribution in [0.25, 0.3) is 0 Å². The largest absolute Gasteiger partial charge is 0.354 e. The van der Waals surface area contributed by atoms with Gasteiger partial charge >= 0.3 is 0 Å². The topological polar surface area (TPSA) is 62.4 Å². The van der Waals surface area contributed by atoms with Crippen LogP contribution in [-0.2, 0) is 0 Å². The Morgan fingerprint density at radius 3 is 2.85 bits per heavy atom. The van der Waals surface area contributed by atoms with Gasteiger partial charge in [0.2, 0.25) is 0 Å². The zero-order valence-corrected chi connectivity index (χ0v) is 12.8. The highest BCUT2D eigenvalue weighted by atomic mass is 32.2. The fourth-order valence-electron chi connectivity index (χ4n) is 1.51. The van der Waals surface area contributed by atoms with Gasteiger partial charge in [-0.05, 0) is 32.0 Å². The number of hydrogen-bond donors (Lipinski definition) is 3. The molecule has 0 aromatic heterocycles. The van der Waals surface area contributed by atoms with Crippen molar-refractivity contribution < 1.29 is 4.39 Å². The average molecular weight is 298 g/mol. The van der Waals surface area contributed by atoms with E-state index in [1.54, 1.807) is 17.8 Å². The van der Waals surface area contributed by atoms with Crippen molar-refractivity contribution in [3.05, 3.63) is 30.1 Å². The molecule has 1 aromatic carbocycles. The van der Waals surface area contributed by atoms with Gasteiger partial charge in [0.15, 0.2) is 5.96 Å². The molecule has 0 atom stereocenters. The van der Waals surface area contributed by atoms with E-state index in [1.165, 1.54) is 12.1 Å². The zero-order valence-electron chi connectivity index (χ0n) is 12.0. The SMILES string of the molecule is CC(C)NC(=NCCSCCN)Nc1cccc(F)c1. The van der Waals surface area contributed by atoms with Crippen molar-refractivity contribution in [2.45, 2.75) is 19.9 Å². The number of rotatable bonds is 7. The molecule has 20 heavy (non-hydrogen) atoms. The summed E-state index contributed by atoms with van der Waals surface area (Å²) in [6.45, 7) is 5.45. The second kappa shape index (κ2) is 9.61. The van der Waals surface area contributed by atoms with Crippen LogP contribution >= 0.6 is 11.8 Å². The number of hydrogen-bond acceptors (Lipinski definition) is 3. The summed E-state index contributed by atoms with van der Waals surface area (Å²) < 4.78 is 13.2. The summed E-state index contributed by atoms with van der Waals surface area (Å²) in [4.78, 5) is 4.47. The van der Waals surface area contributed by atoms with Crippen LogP contribution in [0.5, 0.6) is 0 Å². The van der Waals surface area contributed by atoms with Gasteiger partial charge in [-0.3, -0.25) is 4.99 Å². The number of anilines is 1. The van der Waals surface area contributed by atoms with E-state index in [0.717, 1.165) is 11.5 Å². The maximum Gasteiger partial charge on any atom is 0.196 e. The Hall–Kier alpha value is -1.27. The number of nitrogens with one attached hydrogen (secondary N) is 2. The maximum atomic E-state index is 13.2. The Morgan fingerprint density at radius 2 is 2.20 bits per heavy atom. The van der Waals surface area contributed by atoms with E-state index in [0.29, 0.717) is 24.7 Å². The third-order valence-corrected chi connectivity index (χ3v) is 3.28. The molecule has 0 aliphatic carbocycles. The molecule has 0 aliphatic heterocycles. The third kappa shape index (κ3) is 7.35. The van der Waals surface area contributed by atoms with Crippen molar-refractivity contribution >= 4 is 23.4 Å². The zero-order chi connectivity index (χ0) is 14.8. The van der Waals surface area contributed by atoms with Crippen molar-refractivity contribution in [1.82, 2.24) is 5.32 Å². The lowest BCUT2D eigenvalue weighted by atomic mass is 10.3. The molecule has 1 aromatic rings. The summed E-state index contributed by atoms with van der Waals surface area (Å²) >= 11 is 1.78. The lowest BCUT2D eigenvalue weighted by Gasteiger charge is -2.15. The molecule has 0 bridgehead atoms. The summed E-state index contributed by atoms with van der Waals surface area (Å²) in [6, 6.07) is 6.60. The molecule has 0 saturated heterocycles. The van der Waals surface area contributed by atoms with Crippen molar-refractivity contribution in [2.24, 2.45) is 10.7 Å². The minimum Gasteiger partial charge on any atom is -0.354 e. The van der Waals surface area contributed by atoms with Gasteiger partial charge in [0.1, 0.15) is 5.82 Å². The molecule has 4 nitrogen and oxygen atoms in total. The molecular formula is C14H23FN4S. The fourth-order valence-corrected chi connectivity index (χ4v) is 2.10. The van der Waals surface area contributed by atoms with Gasteiger partial charge in [-0.25, -0.2) is 4.39 Å². The van der Waals surface area contributed by atoms with E-state index < -0.39 is 0 Å². The van der Waals surface area contributed by atoms with Crippen LogP contribution in [-0.4, -0.2) is 36.6 Å². The predicted octanol–water partition coefficient (Wildman–Crippen LogP) is 2.28. The first-order chi connectivity index (χ1) is 9.61. The van der Waals surface area contributed by atoms with E-state index in [2.05, 4.69) is 15.6 Å². The lowest BCUT2D eigenvalue weighted by Crippen LogP contribution is -2.36. The summed E-state index contributed by atoms with van der Waals surface area (Å²) in [6.07, 6.45) is 0. The van der Waals surface area contributed by atoms with Crippen LogP contribution in [0.15, 0.2) is 29.3 Å². The highest BCUT2D eigenvalue weighted by molar-refractivity contribution is 7.99. The monoisotopic (exact) mass is 298 g/mol. The lowest BCUT2D eigenvalue weighted by molar-refractivity contribution is 0.628. The van der Waals surface area contributed by atoms with E-state index in [4.69, 9.17) is 5.73 Å². The van der Waals surface area contributed by atoms with Crippen molar-refractivity contribution in [3.63, 3.8) is 0 Å². The molecule has 0 unspecified atom stereocenters. The molecular weight excluding hydrogens is 275 g/mol. The van der Waals surface area contributed by atoms with Crippen molar-refractivity contribution in [2.75, 3.05) is 29.9 Å². The molecule has 0 amide bonds. The summed E-state index contributed by atoms with van der Waals surface area (Å²) in [7, 11) is 0. The molecule has 0 heterocycles. The van der Waals surface area contributed by atoms with Crippen LogP contribution in [0.1, 0.15) is 13.8 Å². The first-order valence-electron chi connectivity index (χ1n) is 6.73. The Labute approximate surface area is 124 Å². The molecule has 0 spiro atoms. The Morgan fingerprint density at radius 1 is 1.40 bits per heavy atom. The summed E-state index contributed by atoms with van der Waals surface area (Å²) in [5, 5.41) is 6.33. The smallest absolute Gasteiger partial charge is 0.196 e. The molecule has 0 aliphatic rings. The van der Waals surface area contributed by atoms with E-state index in [1.807, 2.05) is 19.9 Å². The minimum atomic E-state index is -0.266. The minimum absolute atomic E-state index is 0.256. The van der Waals surface area contributed by atoms with Crippen molar-refractivity contribution in [1.29, 1.82) is 0 Å². The molecule has 0 fully saturated rings. The Kier molecular flexibility index (Phi) is 8.06. The second-order valence-electron chi connectivity index (χ2n) is 4.57. The maximum absolute atomic E-state index is 13.2. The van der Waals surface area contributed by atoms with E-state index in [9.17, 15) is 4.39 Å². The third-order valence-electron chi connectivity index (χ3n) is 2.28. The van der Waals surface area contributed by atoms with Gasteiger partial charge < -0.3 is 16.4 Å². The molecule has 6 heteroatoms. The summed E-state index contributed by atoms with van der Waals surface area (Å²) in [5.74, 6) is 2.27. The number of thioether (sulfide) groups is 1. The highest BCUT2D eigenvalue weighted by Crippen LogP contribution is 2.09. The number of nitrogens with two attached hydrogens (primary N) is 1. The Balaban J connectivity index is 2.57. The van der Waals surface area contributed by atoms with E-state index in [-0.39, 0.29) is 11.9 Å². The quantitative estimate of drug-likeness (QED) is 0.410. The second-order valence-corrected chi connectivity index (χ2v) is 5.79. The fraction of sp³-hybridized carbons (Fsp3) is 0.500. The molecule has 0 radical (unpaired) electrons. The van der Waals surface area contributed by atoms with Gasteiger partial charge in [0.25, 0.3) is 0 Å². The Bertz CT molecular complexity index is 423. The molecule has 1 rings (SSSR count). The molecule has 112 valence electrons. The van der Waals surface area contributed by atoms with Gasteiger partial charge in [0, 0.05) is 29.8 Å². The van der Waals surface area contributed by atoms with Gasteiger partial charge in [-0.15, -0.1) is 0 Å². The number of aliphatic imine (C=N–C) groups is 1.